The van der Waals surface area contributed by atoms with Crippen LogP contribution in [0.3, 0.4) is 0 Å². The minimum absolute atomic E-state index is 0.0208. The molecule has 1 unspecified atom stereocenters. The van der Waals surface area contributed by atoms with Gasteiger partial charge in [0.25, 0.3) is 0 Å². The number of amides is 8. The van der Waals surface area contributed by atoms with Crippen molar-refractivity contribution in [1.29, 1.82) is 0 Å². The number of nitrogens with zero attached hydrogens (tertiary/aromatic N) is 2. The van der Waals surface area contributed by atoms with Gasteiger partial charge in [-0.25, -0.2) is 4.79 Å². The molecule has 8 amide bonds. The molecule has 0 bridgehead atoms. The van der Waals surface area contributed by atoms with Crippen LogP contribution < -0.4 is 32.3 Å². The number of nitrogens with two attached hydrogens (primary N) is 1. The number of carbonyl (C=O) groups is 9. The van der Waals surface area contributed by atoms with E-state index in [0.29, 0.717) is 83.5 Å². The second-order valence-corrected chi connectivity index (χ2v) is 18.9. The summed E-state index contributed by atoms with van der Waals surface area (Å²) < 4.78 is 5.53. The number of ketones is 2. The molecule has 3 atom stereocenters. The molecule has 19 heteroatoms. The number of ether oxygens (including phenoxy) is 1. The topological polar surface area (TPSA) is 256 Å². The van der Waals surface area contributed by atoms with Crippen LogP contribution in [-0.2, 0) is 43.1 Å². The van der Waals surface area contributed by atoms with Crippen LogP contribution in [0.25, 0.3) is 0 Å². The predicted molar refractivity (Wildman–Crippen MR) is 262 cm³/mol. The van der Waals surface area contributed by atoms with Crippen LogP contribution in [0.5, 0.6) is 0 Å². The smallest absolute Gasteiger partial charge is 0.315 e. The molecule has 67 heavy (non-hydrogen) atoms. The normalized spacial score (nSPS) is 14.5. The Morgan fingerprint density at radius 2 is 1.34 bits per heavy atom. The van der Waals surface area contributed by atoms with Gasteiger partial charge in [0.1, 0.15) is 11.8 Å². The summed E-state index contributed by atoms with van der Waals surface area (Å²) in [5.74, 6) is -1.20. The lowest BCUT2D eigenvalue weighted by atomic mass is 10.1. The summed E-state index contributed by atoms with van der Waals surface area (Å²) in [4.78, 5) is 113. The largest absolute Gasteiger partial charge is 0.381 e. The number of carbonyl (C=O) groups excluding carboxylic acids is 9. The van der Waals surface area contributed by atoms with Crippen molar-refractivity contribution in [3.05, 3.63) is 0 Å². The summed E-state index contributed by atoms with van der Waals surface area (Å²) in [6, 6.07) is -1.60. The molecule has 0 aromatic carbocycles. The van der Waals surface area contributed by atoms with Crippen LogP contribution in [0.4, 0.5) is 4.79 Å². The number of imide groups is 1. The Morgan fingerprint density at radius 3 is 2.03 bits per heavy atom. The molecule has 1 aliphatic heterocycles. The Morgan fingerprint density at radius 1 is 0.701 bits per heavy atom. The highest BCUT2D eigenvalue weighted by molar-refractivity contribution is 8.00. The zero-order chi connectivity index (χ0) is 49.7. The van der Waals surface area contributed by atoms with Gasteiger partial charge < -0.3 is 42.0 Å². The Labute approximate surface area is 404 Å². The van der Waals surface area contributed by atoms with E-state index in [0.717, 1.165) is 50.0 Å². The fourth-order valence-electron chi connectivity index (χ4n) is 7.39. The number of unbranched alkanes of at least 4 members (excludes halogenated alkanes) is 11. The molecule has 0 radical (unpaired) electrons. The molecule has 384 valence electrons. The minimum atomic E-state index is -0.725. The van der Waals surface area contributed by atoms with E-state index in [9.17, 15) is 43.2 Å². The lowest BCUT2D eigenvalue weighted by molar-refractivity contribution is -0.138. The molecule has 0 saturated carbocycles. The van der Waals surface area contributed by atoms with Crippen molar-refractivity contribution >= 4 is 64.8 Å². The zero-order valence-corrected chi connectivity index (χ0v) is 42.1. The SMILES string of the molecule is CCCCCCCCCCCC(=O)N[C@@H](CCCCNC(=O)CCOCCCC(=O)CCN1C(=O)CC(SCCNC(=O)CCCCCN(C)CCNC(=O)N[C@@H](C)C(=O)CC)C1=O)C(N)=O. The number of rotatable bonds is 43. The number of primary amides is 1. The Kier molecular flexibility index (Phi) is 35.3. The molecule has 1 rings (SSSR count). The standard InChI is InChI=1S/C48H86N8O10S/c1-5-7-8-9-10-11-12-13-15-24-44(61)54-39(46(49)63)22-17-18-27-50-43(60)26-34-66-33-20-21-38(57)25-31-56-45(62)36-41(47(56)64)67-35-29-51-42(59)23-16-14-19-30-55(4)32-28-52-48(65)53-37(3)40(58)6-2/h37,39,41H,5-36H2,1-4H3,(H2,49,63)(H,50,60)(H,51,59)(H,54,61)(H2,52,53,65)/t37-,39-,41?/m0/s1. The van der Waals surface area contributed by atoms with E-state index >= 15 is 0 Å². The average molecular weight is 967 g/mol. The van der Waals surface area contributed by atoms with E-state index in [1.165, 1.54) is 50.3 Å². The molecular formula is C48H86N8O10S. The van der Waals surface area contributed by atoms with Gasteiger partial charge in [-0.2, -0.15) is 0 Å². The Bertz CT molecular complexity index is 1500. The zero-order valence-electron chi connectivity index (χ0n) is 41.3. The van der Waals surface area contributed by atoms with E-state index in [-0.39, 0.29) is 86.0 Å². The summed E-state index contributed by atoms with van der Waals surface area (Å²) in [6.45, 7) is 8.89. The fourth-order valence-corrected chi connectivity index (χ4v) is 8.42. The number of Topliss-reactive ketones (excluding diaryl/α,β-unsaturated/α-hetero) is 2. The minimum Gasteiger partial charge on any atom is -0.381 e. The molecular weight excluding hydrogens is 881 g/mol. The van der Waals surface area contributed by atoms with Crippen molar-refractivity contribution < 1.29 is 47.9 Å². The molecule has 7 N–H and O–H groups in total. The maximum Gasteiger partial charge on any atom is 0.315 e. The summed E-state index contributed by atoms with van der Waals surface area (Å²) in [5, 5.41) is 13.3. The fraction of sp³-hybridized carbons (Fsp3) is 0.812. The Hall–Kier alpha value is -4.10. The first kappa shape index (κ1) is 60.9. The molecule has 0 spiro atoms. The van der Waals surface area contributed by atoms with Crippen molar-refractivity contribution in [3.63, 3.8) is 0 Å². The van der Waals surface area contributed by atoms with Crippen molar-refractivity contribution in [2.75, 3.05) is 65.3 Å². The van der Waals surface area contributed by atoms with Gasteiger partial charge in [-0.1, -0.05) is 71.6 Å². The van der Waals surface area contributed by atoms with Gasteiger partial charge in [-0.15, -0.1) is 11.8 Å². The van der Waals surface area contributed by atoms with Crippen LogP contribution in [0.15, 0.2) is 0 Å². The number of thioether (sulfide) groups is 1. The Balaban J connectivity index is 2.07. The first-order valence-corrected chi connectivity index (χ1v) is 26.2. The second-order valence-electron chi connectivity index (χ2n) is 17.6. The summed E-state index contributed by atoms with van der Waals surface area (Å²) >= 11 is 1.33. The summed E-state index contributed by atoms with van der Waals surface area (Å²) in [5.41, 5.74) is 5.51. The molecule has 1 fully saturated rings. The van der Waals surface area contributed by atoms with Crippen LogP contribution in [0.1, 0.15) is 168 Å². The quantitative estimate of drug-likeness (QED) is 0.0366. The monoisotopic (exact) mass is 967 g/mol. The summed E-state index contributed by atoms with van der Waals surface area (Å²) in [7, 11) is 1.96. The van der Waals surface area contributed by atoms with E-state index in [2.05, 4.69) is 38.4 Å². The van der Waals surface area contributed by atoms with Crippen LogP contribution in [-0.4, -0.2) is 145 Å². The molecule has 18 nitrogen and oxygen atoms in total. The van der Waals surface area contributed by atoms with Gasteiger partial charge in [-0.05, 0) is 65.5 Å². The van der Waals surface area contributed by atoms with Gasteiger partial charge in [0.15, 0.2) is 5.78 Å². The predicted octanol–water partition coefficient (Wildman–Crippen LogP) is 4.45. The third-order valence-electron chi connectivity index (χ3n) is 11.6. The van der Waals surface area contributed by atoms with Crippen LogP contribution in [0.2, 0.25) is 0 Å². The van der Waals surface area contributed by atoms with E-state index < -0.39 is 23.2 Å². The first-order valence-electron chi connectivity index (χ1n) is 25.1. The second kappa shape index (κ2) is 38.8. The van der Waals surface area contributed by atoms with Gasteiger partial charge in [0, 0.05) is 90.0 Å². The third-order valence-corrected chi connectivity index (χ3v) is 12.8. The third kappa shape index (κ3) is 31.6. The highest BCUT2D eigenvalue weighted by atomic mass is 32.2. The lowest BCUT2D eigenvalue weighted by Gasteiger charge is -2.18. The van der Waals surface area contributed by atoms with E-state index in [4.69, 9.17) is 10.5 Å². The van der Waals surface area contributed by atoms with Crippen molar-refractivity contribution in [1.82, 2.24) is 36.4 Å². The number of hydrogen-bond donors (Lipinski definition) is 6. The maximum absolute atomic E-state index is 12.9. The molecule has 0 aromatic rings. The molecule has 0 aliphatic carbocycles. The van der Waals surface area contributed by atoms with Crippen molar-refractivity contribution in [2.24, 2.45) is 5.73 Å². The number of hydrogen-bond acceptors (Lipinski definition) is 12. The number of nitrogens with one attached hydrogen (secondary N) is 5. The van der Waals surface area contributed by atoms with Gasteiger partial charge in [0.05, 0.1) is 17.9 Å². The number of likely N-dealkylation sites (N-methyl/N-ethyl adjacent to an activating group) is 1. The number of likely N-dealkylation sites (tertiary alicyclic amines) is 1. The van der Waals surface area contributed by atoms with Crippen LogP contribution >= 0.6 is 11.8 Å². The van der Waals surface area contributed by atoms with E-state index in [1.54, 1.807) is 13.8 Å². The molecule has 1 aliphatic rings. The van der Waals surface area contributed by atoms with Crippen LogP contribution in [0, 0.1) is 0 Å². The van der Waals surface area contributed by atoms with E-state index in [1.807, 2.05) is 7.05 Å². The summed E-state index contributed by atoms with van der Waals surface area (Å²) in [6.07, 6.45) is 16.7. The number of urea groups is 1. The van der Waals surface area contributed by atoms with Gasteiger partial charge in [0.2, 0.25) is 35.4 Å². The van der Waals surface area contributed by atoms with Crippen molar-refractivity contribution in [2.45, 2.75) is 186 Å². The highest BCUT2D eigenvalue weighted by Crippen LogP contribution is 2.25. The first-order chi connectivity index (χ1) is 32.2. The highest BCUT2D eigenvalue weighted by Gasteiger charge is 2.38. The average Bonchev–Trinajstić information content (AvgIpc) is 3.56. The van der Waals surface area contributed by atoms with Gasteiger partial charge >= 0.3 is 6.03 Å². The molecule has 0 aromatic heterocycles. The lowest BCUT2D eigenvalue weighted by Crippen LogP contribution is -2.46. The molecule has 1 saturated heterocycles. The maximum atomic E-state index is 12.9. The molecule has 1 heterocycles. The van der Waals surface area contributed by atoms with Crippen molar-refractivity contribution in [3.8, 4) is 0 Å². The van der Waals surface area contributed by atoms with Gasteiger partial charge in [-0.3, -0.25) is 43.3 Å².